The van der Waals surface area contributed by atoms with Crippen LogP contribution in [0, 0.1) is 0 Å². The van der Waals surface area contributed by atoms with Gasteiger partial charge in [-0.25, -0.2) is 4.68 Å². The van der Waals surface area contributed by atoms with Gasteiger partial charge in [0.25, 0.3) is 5.91 Å². The lowest BCUT2D eigenvalue weighted by atomic mass is 10.1. The van der Waals surface area contributed by atoms with Crippen molar-refractivity contribution in [2.75, 3.05) is 12.4 Å². The molecule has 9 heteroatoms. The molecular formula is C12H13N7O2. The van der Waals surface area contributed by atoms with E-state index in [1.165, 1.54) is 6.20 Å². The number of nitrogens with one attached hydrogen (secondary N) is 3. The quantitative estimate of drug-likeness (QED) is 0.574. The summed E-state index contributed by atoms with van der Waals surface area (Å²) in [7, 11) is 1.72. The van der Waals surface area contributed by atoms with Gasteiger partial charge in [-0.05, 0) is 12.1 Å². The van der Waals surface area contributed by atoms with Crippen LogP contribution >= 0.6 is 0 Å². The Kier molecular flexibility index (Phi) is 3.24. The van der Waals surface area contributed by atoms with E-state index >= 15 is 0 Å². The molecule has 3 rings (SSSR count). The van der Waals surface area contributed by atoms with Crippen LogP contribution in [0.4, 0.5) is 5.82 Å². The summed E-state index contributed by atoms with van der Waals surface area (Å²) in [6.45, 7) is 0. The van der Waals surface area contributed by atoms with Crippen LogP contribution in [0.25, 0.3) is 11.3 Å². The first-order valence-corrected chi connectivity index (χ1v) is 6.20. The van der Waals surface area contributed by atoms with E-state index in [1.807, 2.05) is 0 Å². The van der Waals surface area contributed by atoms with Gasteiger partial charge in [0.2, 0.25) is 6.35 Å². The van der Waals surface area contributed by atoms with Gasteiger partial charge < -0.3 is 21.1 Å². The van der Waals surface area contributed by atoms with E-state index in [-0.39, 0.29) is 5.57 Å². The molecule has 0 saturated carbocycles. The lowest BCUT2D eigenvalue weighted by Gasteiger charge is -2.20. The molecule has 0 spiro atoms. The normalized spacial score (nSPS) is 17.7. The largest absolute Gasteiger partial charge is 0.370 e. The SMILES string of the molecule is CNc1nnc(C2=CNC(O)NC2=O)cc1-n1cccn1. The fourth-order valence-corrected chi connectivity index (χ4v) is 1.94. The molecule has 2 aromatic rings. The van der Waals surface area contributed by atoms with Gasteiger partial charge in [-0.3, -0.25) is 4.79 Å². The van der Waals surface area contributed by atoms with Crippen molar-refractivity contribution in [2.24, 2.45) is 0 Å². The standard InChI is InChI=1S/C12H13N7O2/c1-13-10-9(19-4-2-3-15-19)5-8(17-18-10)7-6-14-12(21)16-11(7)20/h2-6,12,14,21H,1H3,(H,13,18)(H,16,20). The number of aliphatic hydroxyl groups excluding tert-OH is 1. The molecule has 1 unspecified atom stereocenters. The molecule has 108 valence electrons. The van der Waals surface area contributed by atoms with Crippen molar-refractivity contribution < 1.29 is 9.90 Å². The Bertz CT molecular complexity index is 696. The first-order valence-electron chi connectivity index (χ1n) is 6.20. The van der Waals surface area contributed by atoms with Crippen molar-refractivity contribution in [1.29, 1.82) is 0 Å². The molecule has 0 aliphatic carbocycles. The third-order valence-electron chi connectivity index (χ3n) is 2.94. The van der Waals surface area contributed by atoms with E-state index in [9.17, 15) is 9.90 Å². The molecule has 0 radical (unpaired) electrons. The Hall–Kier alpha value is -2.94. The molecule has 0 bridgehead atoms. The van der Waals surface area contributed by atoms with Crippen LogP contribution in [0.2, 0.25) is 0 Å². The van der Waals surface area contributed by atoms with E-state index in [2.05, 4.69) is 31.2 Å². The fraction of sp³-hybridized carbons (Fsp3) is 0.167. The van der Waals surface area contributed by atoms with Crippen LogP contribution in [-0.4, -0.2) is 44.4 Å². The Morgan fingerprint density at radius 2 is 2.29 bits per heavy atom. The smallest absolute Gasteiger partial charge is 0.258 e. The molecule has 2 aromatic heterocycles. The number of aliphatic hydroxyl groups is 1. The Morgan fingerprint density at radius 1 is 1.43 bits per heavy atom. The molecule has 1 atom stereocenters. The van der Waals surface area contributed by atoms with Gasteiger partial charge in [0.15, 0.2) is 5.82 Å². The summed E-state index contributed by atoms with van der Waals surface area (Å²) in [6.07, 6.45) is 3.71. The van der Waals surface area contributed by atoms with Gasteiger partial charge in [0, 0.05) is 25.6 Å². The Labute approximate surface area is 119 Å². The zero-order valence-electron chi connectivity index (χ0n) is 11.1. The van der Waals surface area contributed by atoms with Crippen LogP contribution in [0.15, 0.2) is 30.7 Å². The highest BCUT2D eigenvalue weighted by molar-refractivity contribution is 6.19. The van der Waals surface area contributed by atoms with Gasteiger partial charge in [-0.1, -0.05) is 0 Å². The summed E-state index contributed by atoms with van der Waals surface area (Å²) in [4.78, 5) is 11.9. The number of anilines is 1. The van der Waals surface area contributed by atoms with E-state index in [1.54, 1.807) is 36.3 Å². The molecule has 9 nitrogen and oxygen atoms in total. The number of rotatable bonds is 3. The lowest BCUT2D eigenvalue weighted by Crippen LogP contribution is -2.47. The van der Waals surface area contributed by atoms with Crippen molar-refractivity contribution in [3.05, 3.63) is 36.4 Å². The number of carbonyl (C=O) groups excluding carboxylic acids is 1. The minimum Gasteiger partial charge on any atom is -0.370 e. The van der Waals surface area contributed by atoms with Crippen molar-refractivity contribution in [1.82, 2.24) is 30.6 Å². The number of carbonyl (C=O) groups is 1. The number of nitrogens with zero attached hydrogens (tertiary/aromatic N) is 4. The maximum atomic E-state index is 11.9. The minimum atomic E-state index is -1.10. The summed E-state index contributed by atoms with van der Waals surface area (Å²) < 4.78 is 1.62. The highest BCUT2D eigenvalue weighted by atomic mass is 16.3. The Morgan fingerprint density at radius 3 is 2.95 bits per heavy atom. The van der Waals surface area contributed by atoms with Gasteiger partial charge in [0.05, 0.1) is 5.57 Å². The average Bonchev–Trinajstić information content (AvgIpc) is 3.01. The molecule has 21 heavy (non-hydrogen) atoms. The molecule has 1 aliphatic heterocycles. The van der Waals surface area contributed by atoms with Crippen LogP contribution in [-0.2, 0) is 4.79 Å². The summed E-state index contributed by atoms with van der Waals surface area (Å²) >= 11 is 0. The maximum absolute atomic E-state index is 11.9. The van der Waals surface area contributed by atoms with Crippen LogP contribution in [0.5, 0.6) is 0 Å². The highest BCUT2D eigenvalue weighted by Gasteiger charge is 2.22. The van der Waals surface area contributed by atoms with E-state index in [0.29, 0.717) is 17.2 Å². The molecule has 0 fully saturated rings. The van der Waals surface area contributed by atoms with Crippen LogP contribution < -0.4 is 16.0 Å². The van der Waals surface area contributed by atoms with Gasteiger partial charge in [0.1, 0.15) is 11.4 Å². The van der Waals surface area contributed by atoms with Gasteiger partial charge >= 0.3 is 0 Å². The predicted octanol–water partition coefficient (Wildman–Crippen LogP) is -0.960. The van der Waals surface area contributed by atoms with Crippen molar-refractivity contribution in [3.8, 4) is 5.69 Å². The minimum absolute atomic E-state index is 0.281. The van der Waals surface area contributed by atoms with Gasteiger partial charge in [-0.15, -0.1) is 10.2 Å². The van der Waals surface area contributed by atoms with Crippen molar-refractivity contribution >= 4 is 17.3 Å². The Balaban J connectivity index is 2.05. The topological polar surface area (TPSA) is 117 Å². The first kappa shape index (κ1) is 13.1. The lowest BCUT2D eigenvalue weighted by molar-refractivity contribution is -0.119. The summed E-state index contributed by atoms with van der Waals surface area (Å²) in [5, 5.41) is 29.4. The molecule has 1 amide bonds. The molecule has 3 heterocycles. The summed E-state index contributed by atoms with van der Waals surface area (Å²) in [5.41, 5.74) is 1.31. The zero-order valence-corrected chi connectivity index (χ0v) is 11.1. The molecule has 0 aromatic carbocycles. The van der Waals surface area contributed by atoms with Crippen molar-refractivity contribution in [3.63, 3.8) is 0 Å². The predicted molar refractivity (Wildman–Crippen MR) is 74.0 cm³/mol. The molecular weight excluding hydrogens is 274 g/mol. The third-order valence-corrected chi connectivity index (χ3v) is 2.94. The summed E-state index contributed by atoms with van der Waals surface area (Å²) in [6, 6.07) is 3.47. The number of aromatic nitrogens is 4. The van der Waals surface area contributed by atoms with E-state index in [0.717, 1.165) is 0 Å². The van der Waals surface area contributed by atoms with Crippen molar-refractivity contribution in [2.45, 2.75) is 6.35 Å². The van der Waals surface area contributed by atoms with E-state index in [4.69, 9.17) is 0 Å². The number of amides is 1. The summed E-state index contributed by atoms with van der Waals surface area (Å²) in [5.74, 6) is 0.103. The second-order valence-electron chi connectivity index (χ2n) is 4.26. The highest BCUT2D eigenvalue weighted by Crippen LogP contribution is 2.21. The fourth-order valence-electron chi connectivity index (χ4n) is 1.94. The number of hydrogen-bond acceptors (Lipinski definition) is 7. The molecule has 4 N–H and O–H groups in total. The molecule has 1 aliphatic rings. The second-order valence-corrected chi connectivity index (χ2v) is 4.26. The second kappa shape index (κ2) is 5.21. The zero-order chi connectivity index (χ0) is 14.8. The molecule has 0 saturated heterocycles. The van der Waals surface area contributed by atoms with Gasteiger partial charge in [-0.2, -0.15) is 5.10 Å². The van der Waals surface area contributed by atoms with Crippen LogP contribution in [0.1, 0.15) is 5.69 Å². The monoisotopic (exact) mass is 287 g/mol. The average molecular weight is 287 g/mol. The third kappa shape index (κ3) is 2.41. The first-order chi connectivity index (χ1) is 10.2. The number of hydrogen-bond donors (Lipinski definition) is 4. The van der Waals surface area contributed by atoms with E-state index < -0.39 is 12.3 Å². The van der Waals surface area contributed by atoms with Crippen LogP contribution in [0.3, 0.4) is 0 Å². The maximum Gasteiger partial charge on any atom is 0.258 e.